The van der Waals surface area contributed by atoms with Gasteiger partial charge in [0.15, 0.2) is 0 Å². The molecule has 2 heterocycles. The number of hydrazine groups is 1. The monoisotopic (exact) mass is 333 g/mol. The topological polar surface area (TPSA) is 111 Å². The lowest BCUT2D eigenvalue weighted by molar-refractivity contribution is -0.130. The van der Waals surface area contributed by atoms with Crippen LogP contribution in [0, 0.1) is 5.92 Å². The van der Waals surface area contributed by atoms with Crippen molar-refractivity contribution in [1.29, 1.82) is 0 Å². The van der Waals surface area contributed by atoms with Gasteiger partial charge in [0, 0.05) is 12.5 Å². The summed E-state index contributed by atoms with van der Waals surface area (Å²) in [6.07, 6.45) is 2.76. The Morgan fingerprint density at radius 2 is 2.09 bits per heavy atom. The average Bonchev–Trinajstić information content (AvgIpc) is 2.49. The lowest BCUT2D eigenvalue weighted by Gasteiger charge is -2.41. The van der Waals surface area contributed by atoms with Crippen molar-refractivity contribution in [2.24, 2.45) is 5.92 Å². The van der Waals surface area contributed by atoms with E-state index in [9.17, 15) is 13.2 Å². The van der Waals surface area contributed by atoms with Crippen molar-refractivity contribution in [3.05, 3.63) is 0 Å². The molecule has 0 spiro atoms. The van der Waals surface area contributed by atoms with Crippen molar-refractivity contribution in [3.63, 3.8) is 0 Å². The molecule has 8 nitrogen and oxygen atoms in total. The third-order valence-electron chi connectivity index (χ3n) is 4.21. The minimum absolute atomic E-state index is 0.00700. The van der Waals surface area contributed by atoms with Gasteiger partial charge in [0.25, 0.3) is 5.91 Å². The fourth-order valence-corrected chi connectivity index (χ4v) is 3.58. The Balaban J connectivity index is 1.71. The third-order valence-corrected chi connectivity index (χ3v) is 6.06. The zero-order valence-electron chi connectivity index (χ0n) is 13.2. The zero-order valence-corrected chi connectivity index (χ0v) is 14.0. The summed E-state index contributed by atoms with van der Waals surface area (Å²) in [7, 11) is -3.19. The summed E-state index contributed by atoms with van der Waals surface area (Å²) in [6.45, 7) is 5.28. The zero-order chi connectivity index (χ0) is 16.2. The first-order valence-electron chi connectivity index (χ1n) is 7.92. The Bertz CT molecular complexity index is 482. The van der Waals surface area contributed by atoms with Crippen molar-refractivity contribution in [2.75, 3.05) is 19.6 Å². The SMILES string of the molecule is CC(C)S(=O)(=O)NCCCNC1NNC(=O)C2NCCCC12. The second kappa shape index (κ2) is 7.69. The summed E-state index contributed by atoms with van der Waals surface area (Å²) in [4.78, 5) is 11.8. The highest BCUT2D eigenvalue weighted by Gasteiger charge is 2.39. The molecular weight excluding hydrogens is 306 g/mol. The van der Waals surface area contributed by atoms with Crippen LogP contribution in [0.2, 0.25) is 0 Å². The number of nitrogens with one attached hydrogen (secondary N) is 5. The fraction of sp³-hybridized carbons (Fsp3) is 0.923. The highest BCUT2D eigenvalue weighted by molar-refractivity contribution is 7.90. The van der Waals surface area contributed by atoms with E-state index in [-0.39, 0.29) is 24.0 Å². The summed E-state index contributed by atoms with van der Waals surface area (Å²) in [5.74, 6) is 0.210. The van der Waals surface area contributed by atoms with Gasteiger partial charge in [0.2, 0.25) is 10.0 Å². The van der Waals surface area contributed by atoms with Crippen LogP contribution in [0.3, 0.4) is 0 Å². The molecule has 9 heteroatoms. The van der Waals surface area contributed by atoms with Crippen molar-refractivity contribution in [3.8, 4) is 0 Å². The van der Waals surface area contributed by atoms with Crippen LogP contribution in [0.15, 0.2) is 0 Å². The molecule has 0 aromatic rings. The smallest absolute Gasteiger partial charge is 0.251 e. The van der Waals surface area contributed by atoms with Crippen molar-refractivity contribution in [1.82, 2.24) is 26.2 Å². The number of hydrogen-bond acceptors (Lipinski definition) is 6. The maximum Gasteiger partial charge on any atom is 0.251 e. The highest BCUT2D eigenvalue weighted by atomic mass is 32.2. The summed E-state index contributed by atoms with van der Waals surface area (Å²) < 4.78 is 25.8. The molecule has 3 atom stereocenters. The van der Waals surface area contributed by atoms with Gasteiger partial charge in [0.05, 0.1) is 17.5 Å². The molecule has 2 saturated heterocycles. The van der Waals surface area contributed by atoms with Crippen LogP contribution in [-0.4, -0.2) is 51.4 Å². The lowest BCUT2D eigenvalue weighted by atomic mass is 9.86. The molecule has 0 aromatic heterocycles. The Hall–Kier alpha value is -0.740. The summed E-state index contributed by atoms with van der Waals surface area (Å²) >= 11 is 0. The first-order valence-corrected chi connectivity index (χ1v) is 9.47. The van der Waals surface area contributed by atoms with Crippen molar-refractivity contribution < 1.29 is 13.2 Å². The number of rotatable bonds is 7. The van der Waals surface area contributed by atoms with Crippen LogP contribution in [0.4, 0.5) is 0 Å². The van der Waals surface area contributed by atoms with Crippen LogP contribution < -0.4 is 26.2 Å². The Labute approximate surface area is 132 Å². The maximum absolute atomic E-state index is 11.8. The number of carbonyl (C=O) groups excluding carboxylic acids is 1. The standard InChI is InChI=1S/C13H27N5O3S/c1-9(2)22(20,21)16-8-4-7-15-12-10-5-3-6-14-11(10)13(19)18-17-12/h9-12,14-17H,3-8H2,1-2H3,(H,18,19). The van der Waals surface area contributed by atoms with E-state index in [1.165, 1.54) is 0 Å². The Morgan fingerprint density at radius 3 is 2.82 bits per heavy atom. The second-order valence-corrected chi connectivity index (χ2v) is 8.47. The van der Waals surface area contributed by atoms with Gasteiger partial charge in [-0.25, -0.2) is 18.6 Å². The summed E-state index contributed by atoms with van der Waals surface area (Å²) in [6, 6.07) is -0.146. The Morgan fingerprint density at radius 1 is 1.32 bits per heavy atom. The van der Waals surface area contributed by atoms with Crippen molar-refractivity contribution in [2.45, 2.75) is 50.6 Å². The van der Waals surface area contributed by atoms with Crippen LogP contribution in [0.5, 0.6) is 0 Å². The van der Waals surface area contributed by atoms with E-state index >= 15 is 0 Å². The van der Waals surface area contributed by atoms with Crippen LogP contribution in [0.25, 0.3) is 0 Å². The summed E-state index contributed by atoms with van der Waals surface area (Å²) in [5.41, 5.74) is 5.69. The molecule has 22 heavy (non-hydrogen) atoms. The molecule has 0 aliphatic carbocycles. The van der Waals surface area contributed by atoms with E-state index < -0.39 is 15.3 Å². The molecule has 2 rings (SSSR count). The van der Waals surface area contributed by atoms with Crippen LogP contribution in [-0.2, 0) is 14.8 Å². The first kappa shape index (κ1) is 17.6. The van der Waals surface area contributed by atoms with Crippen LogP contribution >= 0.6 is 0 Å². The lowest BCUT2D eigenvalue weighted by Crippen LogP contribution is -2.70. The quantitative estimate of drug-likeness (QED) is 0.367. The molecule has 5 N–H and O–H groups in total. The van der Waals surface area contributed by atoms with E-state index in [0.717, 1.165) is 19.4 Å². The van der Waals surface area contributed by atoms with Gasteiger partial charge in [-0.05, 0) is 46.2 Å². The molecule has 128 valence electrons. The van der Waals surface area contributed by atoms with Gasteiger partial charge in [-0.2, -0.15) is 0 Å². The molecule has 0 aromatic carbocycles. The predicted octanol–water partition coefficient (Wildman–Crippen LogP) is -1.38. The molecule has 0 saturated carbocycles. The van der Waals surface area contributed by atoms with E-state index in [4.69, 9.17) is 0 Å². The minimum atomic E-state index is -3.19. The first-order chi connectivity index (χ1) is 10.4. The third kappa shape index (κ3) is 4.39. The van der Waals surface area contributed by atoms with Gasteiger partial charge >= 0.3 is 0 Å². The number of fused-ring (bicyclic) bond motifs is 1. The highest BCUT2D eigenvalue weighted by Crippen LogP contribution is 2.21. The van der Waals surface area contributed by atoms with Gasteiger partial charge in [-0.3, -0.25) is 10.2 Å². The van der Waals surface area contributed by atoms with Gasteiger partial charge in [0.1, 0.15) is 0 Å². The number of piperidine rings is 1. The number of sulfonamides is 1. The molecular formula is C13H27N5O3S. The number of amides is 1. The molecule has 2 aliphatic heterocycles. The number of hydrogen-bond donors (Lipinski definition) is 5. The Kier molecular flexibility index (Phi) is 6.16. The van der Waals surface area contributed by atoms with Gasteiger partial charge in [-0.1, -0.05) is 0 Å². The van der Waals surface area contributed by atoms with Gasteiger partial charge < -0.3 is 10.6 Å². The molecule has 0 bridgehead atoms. The van der Waals surface area contributed by atoms with Crippen molar-refractivity contribution >= 4 is 15.9 Å². The number of carbonyl (C=O) groups is 1. The maximum atomic E-state index is 11.8. The van der Waals surface area contributed by atoms with E-state index in [1.807, 2.05) is 0 Å². The molecule has 0 radical (unpaired) electrons. The normalized spacial score (nSPS) is 29.2. The fourth-order valence-electron chi connectivity index (χ4n) is 2.82. The van der Waals surface area contributed by atoms with E-state index in [1.54, 1.807) is 13.8 Å². The second-order valence-electron chi connectivity index (χ2n) is 6.14. The largest absolute Gasteiger partial charge is 0.306 e. The van der Waals surface area contributed by atoms with E-state index in [0.29, 0.717) is 19.5 Å². The van der Waals surface area contributed by atoms with E-state index in [2.05, 4.69) is 26.2 Å². The molecule has 2 fully saturated rings. The molecule has 3 unspecified atom stereocenters. The average molecular weight is 333 g/mol. The van der Waals surface area contributed by atoms with Gasteiger partial charge in [-0.15, -0.1) is 0 Å². The molecule has 1 amide bonds. The predicted molar refractivity (Wildman–Crippen MR) is 84.3 cm³/mol. The minimum Gasteiger partial charge on any atom is -0.306 e. The molecule has 2 aliphatic rings. The summed E-state index contributed by atoms with van der Waals surface area (Å²) in [5, 5.41) is 6.19. The van der Waals surface area contributed by atoms with Crippen LogP contribution in [0.1, 0.15) is 33.1 Å².